The highest BCUT2D eigenvalue weighted by molar-refractivity contribution is 7.80. The van der Waals surface area contributed by atoms with E-state index in [1.54, 1.807) is 12.1 Å². The topological polar surface area (TPSA) is 97.9 Å². The Morgan fingerprint density at radius 1 is 1.57 bits per heavy atom. The molecule has 0 aliphatic carbocycles. The number of thiocarbonyl (C=S) groups is 1. The Hall–Kier alpha value is -2.55. The number of tetrazole rings is 1. The smallest absolute Gasteiger partial charge is 0.269 e. The van der Waals surface area contributed by atoms with Crippen molar-refractivity contribution in [3.05, 3.63) is 30.2 Å². The average molecular weight is 306 g/mol. The number of furan rings is 1. The summed E-state index contributed by atoms with van der Waals surface area (Å²) in [5, 5.41) is 16.9. The van der Waals surface area contributed by atoms with Gasteiger partial charge < -0.3 is 4.42 Å². The van der Waals surface area contributed by atoms with Crippen LogP contribution < -0.4 is 10.6 Å². The van der Waals surface area contributed by atoms with Gasteiger partial charge >= 0.3 is 0 Å². The number of aryl methyl sites for hydroxylation is 1. The van der Waals surface area contributed by atoms with Gasteiger partial charge in [-0.15, -0.1) is 5.10 Å². The monoisotopic (exact) mass is 306 g/mol. The molecule has 0 atom stereocenters. The minimum absolute atomic E-state index is 0.0974. The Bertz CT molecular complexity index is 634. The number of amides is 1. The van der Waals surface area contributed by atoms with Crippen molar-refractivity contribution in [2.24, 2.45) is 0 Å². The van der Waals surface area contributed by atoms with Gasteiger partial charge in [0.25, 0.3) is 5.95 Å². The van der Waals surface area contributed by atoms with Gasteiger partial charge in [-0.3, -0.25) is 15.4 Å². The van der Waals surface area contributed by atoms with E-state index < -0.39 is 0 Å². The number of hydrogen-bond acceptors (Lipinski definition) is 6. The minimum Gasteiger partial charge on any atom is -0.465 e. The van der Waals surface area contributed by atoms with Crippen LogP contribution in [0, 0.1) is 0 Å². The summed E-state index contributed by atoms with van der Waals surface area (Å²) in [6.45, 7) is 2.67. The van der Waals surface area contributed by atoms with Crippen LogP contribution in [0.1, 0.15) is 19.1 Å². The van der Waals surface area contributed by atoms with Crippen molar-refractivity contribution in [1.82, 2.24) is 25.5 Å². The predicted molar refractivity (Wildman–Crippen MR) is 80.2 cm³/mol. The summed E-state index contributed by atoms with van der Waals surface area (Å²) in [5.74, 6) is 0.432. The molecule has 0 bridgehead atoms. The largest absolute Gasteiger partial charge is 0.465 e. The molecule has 21 heavy (non-hydrogen) atoms. The summed E-state index contributed by atoms with van der Waals surface area (Å²) >= 11 is 4.98. The Balaban J connectivity index is 1.81. The molecule has 9 heteroatoms. The number of anilines is 1. The standard InChI is InChI=1S/C12H14N6O2S/c1-2-7-18-16-11(15-17-18)14-12(21)13-10(19)6-5-9-4-3-8-20-9/h3-6,8H,2,7H2,1H3,(H2,13,14,16,19,21). The summed E-state index contributed by atoms with van der Waals surface area (Å²) in [7, 11) is 0. The number of carbonyl (C=O) groups excluding carboxylic acids is 1. The van der Waals surface area contributed by atoms with Crippen LogP contribution in [-0.2, 0) is 11.3 Å². The molecule has 110 valence electrons. The molecule has 0 saturated heterocycles. The fourth-order valence-electron chi connectivity index (χ4n) is 1.42. The summed E-state index contributed by atoms with van der Waals surface area (Å²) in [4.78, 5) is 13.1. The number of carbonyl (C=O) groups is 1. The second-order valence-electron chi connectivity index (χ2n) is 4.00. The fraction of sp³-hybridized carbons (Fsp3) is 0.250. The lowest BCUT2D eigenvalue weighted by Crippen LogP contribution is -2.33. The Kier molecular flexibility index (Phi) is 5.16. The normalized spacial score (nSPS) is 10.7. The molecule has 8 nitrogen and oxygen atoms in total. The molecule has 2 heterocycles. The van der Waals surface area contributed by atoms with Crippen LogP contribution in [0.25, 0.3) is 6.08 Å². The molecule has 0 fully saturated rings. The first-order valence-corrected chi connectivity index (χ1v) is 6.69. The van der Waals surface area contributed by atoms with Crippen molar-refractivity contribution in [3.63, 3.8) is 0 Å². The lowest BCUT2D eigenvalue weighted by atomic mass is 10.4. The van der Waals surface area contributed by atoms with Gasteiger partial charge in [0.1, 0.15) is 5.76 Å². The summed E-state index contributed by atoms with van der Waals surface area (Å²) in [6.07, 6.45) is 5.27. The third-order valence-corrected chi connectivity index (χ3v) is 2.48. The molecule has 0 aliphatic rings. The molecule has 0 saturated carbocycles. The van der Waals surface area contributed by atoms with Crippen LogP contribution in [-0.4, -0.2) is 31.2 Å². The predicted octanol–water partition coefficient (Wildman–Crippen LogP) is 1.20. The molecule has 0 spiro atoms. The molecule has 0 radical (unpaired) electrons. The number of nitrogens with zero attached hydrogens (tertiary/aromatic N) is 4. The van der Waals surface area contributed by atoms with Crippen LogP contribution in [0.5, 0.6) is 0 Å². The molecule has 2 rings (SSSR count). The van der Waals surface area contributed by atoms with Crippen LogP contribution in [0.15, 0.2) is 28.9 Å². The summed E-state index contributed by atoms with van der Waals surface area (Å²) in [6, 6.07) is 3.46. The molecule has 0 aliphatic heterocycles. The first-order valence-electron chi connectivity index (χ1n) is 6.28. The Labute approximate surface area is 126 Å². The summed E-state index contributed by atoms with van der Waals surface area (Å²) < 4.78 is 5.06. The zero-order valence-electron chi connectivity index (χ0n) is 11.3. The van der Waals surface area contributed by atoms with Crippen molar-refractivity contribution in [3.8, 4) is 0 Å². The van der Waals surface area contributed by atoms with Crippen LogP contribution >= 0.6 is 12.2 Å². The van der Waals surface area contributed by atoms with E-state index in [1.807, 2.05) is 6.92 Å². The van der Waals surface area contributed by atoms with Crippen molar-refractivity contribution < 1.29 is 9.21 Å². The van der Waals surface area contributed by atoms with Crippen molar-refractivity contribution in [2.75, 3.05) is 5.32 Å². The highest BCUT2D eigenvalue weighted by atomic mass is 32.1. The molecule has 2 aromatic heterocycles. The Morgan fingerprint density at radius 2 is 2.43 bits per heavy atom. The lowest BCUT2D eigenvalue weighted by Gasteiger charge is -2.03. The third kappa shape index (κ3) is 4.80. The van der Waals surface area contributed by atoms with E-state index in [0.29, 0.717) is 12.3 Å². The van der Waals surface area contributed by atoms with Gasteiger partial charge in [0.15, 0.2) is 5.11 Å². The van der Waals surface area contributed by atoms with E-state index >= 15 is 0 Å². The van der Waals surface area contributed by atoms with Crippen molar-refractivity contribution in [2.45, 2.75) is 19.9 Å². The van der Waals surface area contributed by atoms with Gasteiger partial charge in [-0.2, -0.15) is 4.80 Å². The van der Waals surface area contributed by atoms with E-state index in [2.05, 4.69) is 26.0 Å². The van der Waals surface area contributed by atoms with Crippen LogP contribution in [0.4, 0.5) is 5.95 Å². The zero-order valence-corrected chi connectivity index (χ0v) is 12.1. The number of nitrogens with one attached hydrogen (secondary N) is 2. The first kappa shape index (κ1) is 14.9. The molecule has 2 aromatic rings. The minimum atomic E-state index is -0.384. The Morgan fingerprint density at radius 3 is 3.14 bits per heavy atom. The van der Waals surface area contributed by atoms with Gasteiger partial charge in [-0.1, -0.05) is 12.0 Å². The highest BCUT2D eigenvalue weighted by Crippen LogP contribution is 2.01. The average Bonchev–Trinajstić information content (AvgIpc) is 3.08. The quantitative estimate of drug-likeness (QED) is 0.632. The van der Waals surface area contributed by atoms with Crippen LogP contribution in [0.2, 0.25) is 0 Å². The maximum absolute atomic E-state index is 11.6. The van der Waals surface area contributed by atoms with E-state index in [1.165, 1.54) is 23.2 Å². The molecular weight excluding hydrogens is 292 g/mol. The van der Waals surface area contributed by atoms with Gasteiger partial charge in [0.2, 0.25) is 5.91 Å². The first-order chi connectivity index (χ1) is 10.2. The molecule has 0 aromatic carbocycles. The van der Waals surface area contributed by atoms with E-state index in [-0.39, 0.29) is 17.0 Å². The van der Waals surface area contributed by atoms with Gasteiger partial charge in [0, 0.05) is 6.08 Å². The van der Waals surface area contributed by atoms with Gasteiger partial charge in [-0.25, -0.2) is 0 Å². The third-order valence-electron chi connectivity index (χ3n) is 2.28. The molecule has 0 unspecified atom stereocenters. The molecule has 2 N–H and O–H groups in total. The van der Waals surface area contributed by atoms with E-state index in [9.17, 15) is 4.79 Å². The number of hydrogen-bond donors (Lipinski definition) is 2. The van der Waals surface area contributed by atoms with Gasteiger partial charge in [-0.05, 0) is 42.1 Å². The zero-order chi connectivity index (χ0) is 15.1. The maximum atomic E-state index is 11.6. The fourth-order valence-corrected chi connectivity index (χ4v) is 1.61. The number of rotatable bonds is 5. The maximum Gasteiger partial charge on any atom is 0.269 e. The van der Waals surface area contributed by atoms with E-state index in [4.69, 9.17) is 16.6 Å². The second kappa shape index (κ2) is 7.29. The van der Waals surface area contributed by atoms with Gasteiger partial charge in [0.05, 0.1) is 12.8 Å². The summed E-state index contributed by atoms with van der Waals surface area (Å²) in [5.41, 5.74) is 0. The second-order valence-corrected chi connectivity index (χ2v) is 4.41. The van der Waals surface area contributed by atoms with Crippen molar-refractivity contribution >= 4 is 35.3 Å². The molecular formula is C12H14N6O2S. The SMILES string of the molecule is CCCn1nnc(NC(=S)NC(=O)C=Cc2ccco2)n1. The molecule has 1 amide bonds. The highest BCUT2D eigenvalue weighted by Gasteiger charge is 2.06. The lowest BCUT2D eigenvalue weighted by molar-refractivity contribution is -0.115. The van der Waals surface area contributed by atoms with Crippen LogP contribution in [0.3, 0.4) is 0 Å². The van der Waals surface area contributed by atoms with Crippen molar-refractivity contribution in [1.29, 1.82) is 0 Å². The van der Waals surface area contributed by atoms with E-state index in [0.717, 1.165) is 6.42 Å². The number of aromatic nitrogens is 4.